The lowest BCUT2D eigenvalue weighted by Crippen LogP contribution is -2.29. The summed E-state index contributed by atoms with van der Waals surface area (Å²) >= 11 is 0. The van der Waals surface area contributed by atoms with Crippen LogP contribution in [0.3, 0.4) is 0 Å². The Hall–Kier alpha value is -2.50. The Labute approximate surface area is 134 Å². The van der Waals surface area contributed by atoms with E-state index in [4.69, 9.17) is 14.0 Å². The normalized spacial score (nSPS) is 16.6. The zero-order valence-corrected chi connectivity index (χ0v) is 12.8. The fourth-order valence-corrected chi connectivity index (χ4v) is 2.96. The molecule has 0 saturated carbocycles. The lowest BCUT2D eigenvalue weighted by molar-refractivity contribution is -0.129. The van der Waals surface area contributed by atoms with E-state index in [1.807, 2.05) is 29.2 Å². The Morgan fingerprint density at radius 3 is 2.70 bits per heavy atom. The van der Waals surface area contributed by atoms with Gasteiger partial charge in [0.05, 0.1) is 12.1 Å². The third-order valence-electron chi connectivity index (χ3n) is 4.18. The molecule has 0 atom stereocenters. The summed E-state index contributed by atoms with van der Waals surface area (Å²) in [4.78, 5) is 14.0. The van der Waals surface area contributed by atoms with Crippen LogP contribution in [0.1, 0.15) is 18.5 Å². The van der Waals surface area contributed by atoms with Crippen LogP contribution in [0, 0.1) is 0 Å². The zero-order valence-electron chi connectivity index (χ0n) is 12.8. The number of aromatic nitrogens is 1. The minimum absolute atomic E-state index is 0.115. The largest absolute Gasteiger partial charge is 0.486 e. The summed E-state index contributed by atoms with van der Waals surface area (Å²) in [7, 11) is 0. The average Bonchev–Trinajstić information content (AvgIpc) is 3.26. The molecule has 3 heterocycles. The van der Waals surface area contributed by atoms with Crippen LogP contribution in [-0.4, -0.2) is 42.3 Å². The van der Waals surface area contributed by atoms with E-state index in [1.54, 1.807) is 0 Å². The number of likely N-dealkylation sites (tertiary alicyclic amines) is 1. The highest BCUT2D eigenvalue weighted by Crippen LogP contribution is 2.34. The van der Waals surface area contributed by atoms with Gasteiger partial charge in [-0.05, 0) is 31.0 Å². The molecule has 2 aromatic rings. The standard InChI is InChI=1S/C17H18N2O4/c20-17(19-5-1-2-6-19)11-13-10-15(23-18-13)12-3-4-14-16(9-12)22-8-7-21-14/h3-4,9-10H,1-2,5-8,11H2. The number of amides is 1. The van der Waals surface area contributed by atoms with Crippen LogP contribution < -0.4 is 9.47 Å². The van der Waals surface area contributed by atoms with Crippen molar-refractivity contribution in [3.8, 4) is 22.8 Å². The summed E-state index contributed by atoms with van der Waals surface area (Å²) in [6, 6.07) is 7.46. The molecule has 0 aliphatic carbocycles. The Balaban J connectivity index is 1.50. The molecule has 2 aliphatic rings. The van der Waals surface area contributed by atoms with Gasteiger partial charge in [0, 0.05) is 24.7 Å². The van der Waals surface area contributed by atoms with Gasteiger partial charge in [0.2, 0.25) is 5.91 Å². The highest BCUT2D eigenvalue weighted by atomic mass is 16.6. The molecular formula is C17H18N2O4. The van der Waals surface area contributed by atoms with Crippen LogP contribution in [0.2, 0.25) is 0 Å². The molecule has 4 rings (SSSR count). The van der Waals surface area contributed by atoms with E-state index in [0.29, 0.717) is 30.4 Å². The van der Waals surface area contributed by atoms with Crippen molar-refractivity contribution >= 4 is 5.91 Å². The lowest BCUT2D eigenvalue weighted by Gasteiger charge is -2.18. The van der Waals surface area contributed by atoms with E-state index in [0.717, 1.165) is 37.2 Å². The number of carbonyl (C=O) groups is 1. The number of rotatable bonds is 3. The first-order chi connectivity index (χ1) is 11.3. The SMILES string of the molecule is O=C(Cc1cc(-c2ccc3c(c2)OCCO3)on1)N1CCCC1. The molecule has 1 aromatic heterocycles. The molecule has 1 saturated heterocycles. The second-order valence-electron chi connectivity index (χ2n) is 5.81. The maximum absolute atomic E-state index is 12.2. The number of hydrogen-bond acceptors (Lipinski definition) is 5. The summed E-state index contributed by atoms with van der Waals surface area (Å²) in [5, 5.41) is 4.02. The molecule has 1 amide bonds. The molecule has 2 aliphatic heterocycles. The molecule has 1 aromatic carbocycles. The maximum Gasteiger partial charge on any atom is 0.228 e. The topological polar surface area (TPSA) is 64.8 Å². The van der Waals surface area contributed by atoms with Crippen LogP contribution in [0.5, 0.6) is 11.5 Å². The minimum Gasteiger partial charge on any atom is -0.486 e. The van der Waals surface area contributed by atoms with E-state index >= 15 is 0 Å². The number of hydrogen-bond donors (Lipinski definition) is 0. The predicted molar refractivity (Wildman–Crippen MR) is 82.4 cm³/mol. The smallest absolute Gasteiger partial charge is 0.228 e. The van der Waals surface area contributed by atoms with Gasteiger partial charge in [-0.15, -0.1) is 0 Å². The summed E-state index contributed by atoms with van der Waals surface area (Å²) in [5.41, 5.74) is 1.52. The first-order valence-corrected chi connectivity index (χ1v) is 7.93. The molecule has 0 bridgehead atoms. The number of benzene rings is 1. The van der Waals surface area contributed by atoms with Gasteiger partial charge in [-0.2, -0.15) is 0 Å². The van der Waals surface area contributed by atoms with Gasteiger partial charge < -0.3 is 18.9 Å². The molecule has 0 unspecified atom stereocenters. The van der Waals surface area contributed by atoms with E-state index in [1.165, 1.54) is 0 Å². The second kappa shape index (κ2) is 5.95. The monoisotopic (exact) mass is 314 g/mol. The Bertz CT molecular complexity index is 719. The molecule has 6 heteroatoms. The van der Waals surface area contributed by atoms with Crippen molar-refractivity contribution < 1.29 is 18.8 Å². The van der Waals surface area contributed by atoms with Crippen molar-refractivity contribution in [3.05, 3.63) is 30.0 Å². The summed E-state index contributed by atoms with van der Waals surface area (Å²) in [6.07, 6.45) is 2.47. The Morgan fingerprint density at radius 2 is 1.87 bits per heavy atom. The average molecular weight is 314 g/mol. The molecular weight excluding hydrogens is 296 g/mol. The summed E-state index contributed by atoms with van der Waals surface area (Å²) < 4.78 is 16.5. The van der Waals surface area contributed by atoms with Gasteiger partial charge in [0.15, 0.2) is 17.3 Å². The summed E-state index contributed by atoms with van der Waals surface area (Å²) in [5.74, 6) is 2.19. The third-order valence-corrected chi connectivity index (χ3v) is 4.18. The molecule has 0 N–H and O–H groups in total. The molecule has 0 radical (unpaired) electrons. The summed E-state index contributed by atoms with van der Waals surface area (Å²) in [6.45, 7) is 2.82. The molecule has 120 valence electrons. The van der Waals surface area contributed by atoms with Gasteiger partial charge in [-0.3, -0.25) is 4.79 Å². The third kappa shape index (κ3) is 2.88. The molecule has 1 fully saturated rings. The lowest BCUT2D eigenvalue weighted by atomic mass is 10.1. The van der Waals surface area contributed by atoms with Crippen LogP contribution in [0.25, 0.3) is 11.3 Å². The van der Waals surface area contributed by atoms with Crippen molar-refractivity contribution in [1.82, 2.24) is 10.1 Å². The fraction of sp³-hybridized carbons (Fsp3) is 0.412. The van der Waals surface area contributed by atoms with Crippen LogP contribution >= 0.6 is 0 Å². The highest BCUT2D eigenvalue weighted by molar-refractivity contribution is 5.79. The molecule has 23 heavy (non-hydrogen) atoms. The van der Waals surface area contributed by atoms with E-state index in [2.05, 4.69) is 5.16 Å². The van der Waals surface area contributed by atoms with Crippen molar-refractivity contribution in [1.29, 1.82) is 0 Å². The van der Waals surface area contributed by atoms with Crippen LogP contribution in [0.4, 0.5) is 0 Å². The fourth-order valence-electron chi connectivity index (χ4n) is 2.96. The Morgan fingerprint density at radius 1 is 1.09 bits per heavy atom. The Kier molecular flexibility index (Phi) is 3.65. The van der Waals surface area contributed by atoms with E-state index < -0.39 is 0 Å². The van der Waals surface area contributed by atoms with Crippen molar-refractivity contribution in [3.63, 3.8) is 0 Å². The maximum atomic E-state index is 12.2. The van der Waals surface area contributed by atoms with Gasteiger partial charge in [-0.1, -0.05) is 5.16 Å². The number of carbonyl (C=O) groups excluding carboxylic acids is 1. The number of nitrogens with zero attached hydrogens (tertiary/aromatic N) is 2. The minimum atomic E-state index is 0.115. The van der Waals surface area contributed by atoms with Crippen LogP contribution in [0.15, 0.2) is 28.8 Å². The number of fused-ring (bicyclic) bond motifs is 1. The van der Waals surface area contributed by atoms with Gasteiger partial charge in [0.1, 0.15) is 13.2 Å². The predicted octanol–water partition coefficient (Wildman–Crippen LogP) is 2.28. The second-order valence-corrected chi connectivity index (χ2v) is 5.81. The van der Waals surface area contributed by atoms with E-state index in [-0.39, 0.29) is 12.3 Å². The van der Waals surface area contributed by atoms with Crippen molar-refractivity contribution in [2.75, 3.05) is 26.3 Å². The first kappa shape index (κ1) is 14.1. The van der Waals surface area contributed by atoms with Crippen LogP contribution in [-0.2, 0) is 11.2 Å². The van der Waals surface area contributed by atoms with Gasteiger partial charge in [0.25, 0.3) is 0 Å². The van der Waals surface area contributed by atoms with Gasteiger partial charge in [-0.25, -0.2) is 0 Å². The zero-order chi connectivity index (χ0) is 15.6. The number of ether oxygens (including phenoxy) is 2. The van der Waals surface area contributed by atoms with Crippen molar-refractivity contribution in [2.45, 2.75) is 19.3 Å². The van der Waals surface area contributed by atoms with E-state index in [9.17, 15) is 4.79 Å². The highest BCUT2D eigenvalue weighted by Gasteiger charge is 2.20. The first-order valence-electron chi connectivity index (χ1n) is 7.93. The molecule has 6 nitrogen and oxygen atoms in total. The quantitative estimate of drug-likeness (QED) is 0.869. The van der Waals surface area contributed by atoms with Crippen molar-refractivity contribution in [2.24, 2.45) is 0 Å². The molecule has 0 spiro atoms. The van der Waals surface area contributed by atoms with Gasteiger partial charge >= 0.3 is 0 Å².